The van der Waals surface area contributed by atoms with Crippen LogP contribution in [-0.4, -0.2) is 37.8 Å². The minimum Gasteiger partial charge on any atom is -0.493 e. The molecule has 0 aliphatic carbocycles. The van der Waals surface area contributed by atoms with Crippen LogP contribution in [0.2, 0.25) is 0 Å². The predicted molar refractivity (Wildman–Crippen MR) is 141 cm³/mol. The summed E-state index contributed by atoms with van der Waals surface area (Å²) in [5.74, 6) is -2.28. The van der Waals surface area contributed by atoms with E-state index >= 15 is 0 Å². The Hall–Kier alpha value is -2.67. The van der Waals surface area contributed by atoms with Crippen LogP contribution in [0.3, 0.4) is 0 Å². The van der Waals surface area contributed by atoms with Gasteiger partial charge in [0.05, 0.1) is 14.2 Å². The number of rotatable bonds is 13. The number of para-hydroxylation sites is 1. The molecule has 0 radical (unpaired) electrons. The standard InChI is InChI=1S/C29H41F2NO4/c1-7-8-9-11-21(22-12-10-13-25(35-5)27(22)36-6)17-26(34)32-24-16-20(18-29(30,31)19-33)14-15-23(24)28(2,3)4/h10,12-16,21,33H,7-9,11,17-19H2,1-6H3,(H,32,34). The molecule has 0 bridgehead atoms. The molecule has 2 N–H and O–H groups in total. The summed E-state index contributed by atoms with van der Waals surface area (Å²) in [5.41, 5.74) is 2.33. The monoisotopic (exact) mass is 505 g/mol. The quantitative estimate of drug-likeness (QED) is 0.292. The summed E-state index contributed by atoms with van der Waals surface area (Å²) < 4.78 is 38.8. The van der Waals surface area contributed by atoms with E-state index < -0.39 is 19.0 Å². The molecule has 2 rings (SSSR count). The highest BCUT2D eigenvalue weighted by atomic mass is 19.3. The largest absolute Gasteiger partial charge is 0.493 e. The molecule has 1 atom stereocenters. The molecule has 0 saturated carbocycles. The van der Waals surface area contributed by atoms with Crippen molar-refractivity contribution in [2.75, 3.05) is 26.1 Å². The molecule has 0 fully saturated rings. The molecule has 0 saturated heterocycles. The first-order chi connectivity index (χ1) is 17.0. The molecule has 0 spiro atoms. The van der Waals surface area contributed by atoms with Gasteiger partial charge < -0.3 is 19.9 Å². The lowest BCUT2D eigenvalue weighted by Gasteiger charge is -2.25. The van der Waals surface area contributed by atoms with Gasteiger partial charge in [0.15, 0.2) is 11.5 Å². The van der Waals surface area contributed by atoms with Gasteiger partial charge in [-0.2, -0.15) is 0 Å². The van der Waals surface area contributed by atoms with Gasteiger partial charge in [0.2, 0.25) is 5.91 Å². The number of unbranched alkanes of at least 4 members (excludes halogenated alkanes) is 2. The molecule has 1 unspecified atom stereocenters. The Morgan fingerprint density at radius 2 is 1.81 bits per heavy atom. The number of alkyl halides is 2. The lowest BCUT2D eigenvalue weighted by atomic mass is 9.84. The topological polar surface area (TPSA) is 67.8 Å². The highest BCUT2D eigenvalue weighted by Crippen LogP contribution is 2.39. The average Bonchev–Trinajstić information content (AvgIpc) is 2.82. The molecule has 0 heterocycles. The Bertz CT molecular complexity index is 1000. The molecule has 2 aromatic carbocycles. The van der Waals surface area contributed by atoms with Gasteiger partial charge in [0.25, 0.3) is 5.92 Å². The van der Waals surface area contributed by atoms with E-state index in [1.807, 2.05) is 39.0 Å². The third-order valence-electron chi connectivity index (χ3n) is 6.32. The minimum absolute atomic E-state index is 0.0957. The number of aliphatic hydroxyl groups excluding tert-OH is 1. The third kappa shape index (κ3) is 8.19. The van der Waals surface area contributed by atoms with E-state index in [0.717, 1.165) is 36.8 Å². The first-order valence-electron chi connectivity index (χ1n) is 12.6. The molecule has 0 aliphatic rings. The molecular formula is C29H41F2NO4. The second-order valence-electron chi connectivity index (χ2n) is 10.3. The van der Waals surface area contributed by atoms with E-state index in [-0.39, 0.29) is 23.7 Å². The van der Waals surface area contributed by atoms with Crippen LogP contribution in [0.15, 0.2) is 36.4 Å². The number of benzene rings is 2. The molecule has 0 aromatic heterocycles. The highest BCUT2D eigenvalue weighted by molar-refractivity contribution is 5.92. The zero-order valence-corrected chi connectivity index (χ0v) is 22.4. The van der Waals surface area contributed by atoms with Crippen LogP contribution in [0, 0.1) is 0 Å². The van der Waals surface area contributed by atoms with Crippen molar-refractivity contribution in [2.24, 2.45) is 0 Å². The second kappa shape index (κ2) is 13.0. The van der Waals surface area contributed by atoms with Crippen molar-refractivity contribution >= 4 is 11.6 Å². The number of halogens is 2. The number of anilines is 1. The zero-order chi connectivity index (χ0) is 26.9. The van der Waals surface area contributed by atoms with Crippen LogP contribution in [0.1, 0.15) is 82.4 Å². The fourth-order valence-corrected chi connectivity index (χ4v) is 4.48. The van der Waals surface area contributed by atoms with E-state index in [1.54, 1.807) is 32.4 Å². The van der Waals surface area contributed by atoms with Crippen LogP contribution >= 0.6 is 0 Å². The van der Waals surface area contributed by atoms with Crippen LogP contribution in [-0.2, 0) is 16.6 Å². The van der Waals surface area contributed by atoms with Crippen LogP contribution in [0.5, 0.6) is 11.5 Å². The SMILES string of the molecule is CCCCCC(CC(=O)Nc1cc(CC(F)(F)CO)ccc1C(C)(C)C)c1cccc(OC)c1OC. The number of carbonyl (C=O) groups excluding carboxylic acids is 1. The van der Waals surface area contributed by atoms with Gasteiger partial charge in [-0.15, -0.1) is 0 Å². The minimum atomic E-state index is -3.22. The maximum Gasteiger partial charge on any atom is 0.274 e. The summed E-state index contributed by atoms with van der Waals surface area (Å²) in [5, 5.41) is 12.0. The van der Waals surface area contributed by atoms with Crippen LogP contribution in [0.25, 0.3) is 0 Å². The van der Waals surface area contributed by atoms with E-state index in [4.69, 9.17) is 14.6 Å². The van der Waals surface area contributed by atoms with E-state index in [2.05, 4.69) is 12.2 Å². The van der Waals surface area contributed by atoms with Gasteiger partial charge >= 0.3 is 0 Å². The highest BCUT2D eigenvalue weighted by Gasteiger charge is 2.29. The number of aliphatic hydroxyl groups is 1. The summed E-state index contributed by atoms with van der Waals surface area (Å²) >= 11 is 0. The Balaban J connectivity index is 2.37. The Labute approximate surface area is 214 Å². The predicted octanol–water partition coefficient (Wildman–Crippen LogP) is 6.86. The number of carbonyl (C=O) groups is 1. The van der Waals surface area contributed by atoms with E-state index in [9.17, 15) is 13.6 Å². The first kappa shape index (κ1) is 29.6. The summed E-state index contributed by atoms with van der Waals surface area (Å²) in [7, 11) is 3.18. The number of hydrogen-bond acceptors (Lipinski definition) is 4. The third-order valence-corrected chi connectivity index (χ3v) is 6.32. The summed E-state index contributed by atoms with van der Waals surface area (Å²) in [6, 6.07) is 10.7. The average molecular weight is 506 g/mol. The summed E-state index contributed by atoms with van der Waals surface area (Å²) in [6.45, 7) is 6.94. The number of hydrogen-bond donors (Lipinski definition) is 2. The number of ether oxygens (including phenoxy) is 2. The van der Waals surface area contributed by atoms with Crippen LogP contribution < -0.4 is 14.8 Å². The molecule has 0 aliphatic heterocycles. The van der Waals surface area contributed by atoms with Crippen molar-refractivity contribution < 1.29 is 28.2 Å². The van der Waals surface area contributed by atoms with Crippen LogP contribution in [0.4, 0.5) is 14.5 Å². The maximum atomic E-state index is 13.8. The van der Waals surface area contributed by atoms with Crippen molar-refractivity contribution in [2.45, 2.75) is 83.5 Å². The van der Waals surface area contributed by atoms with Gasteiger partial charge in [-0.25, -0.2) is 8.78 Å². The fourth-order valence-electron chi connectivity index (χ4n) is 4.48. The summed E-state index contributed by atoms with van der Waals surface area (Å²) in [6.07, 6.45) is 3.51. The van der Waals surface area contributed by atoms with Crippen molar-refractivity contribution in [1.29, 1.82) is 0 Å². The number of methoxy groups -OCH3 is 2. The molecule has 1 amide bonds. The van der Waals surface area contributed by atoms with Gasteiger partial charge in [-0.1, -0.05) is 71.2 Å². The van der Waals surface area contributed by atoms with Gasteiger partial charge in [0, 0.05) is 24.1 Å². The molecule has 5 nitrogen and oxygen atoms in total. The van der Waals surface area contributed by atoms with E-state index in [1.165, 1.54) is 0 Å². The van der Waals surface area contributed by atoms with E-state index in [0.29, 0.717) is 22.7 Å². The van der Waals surface area contributed by atoms with Crippen molar-refractivity contribution in [3.05, 3.63) is 53.1 Å². The van der Waals surface area contributed by atoms with Crippen molar-refractivity contribution in [3.63, 3.8) is 0 Å². The molecule has 7 heteroatoms. The van der Waals surface area contributed by atoms with Gasteiger partial charge in [-0.3, -0.25) is 4.79 Å². The smallest absolute Gasteiger partial charge is 0.274 e. The van der Waals surface area contributed by atoms with Gasteiger partial charge in [-0.05, 0) is 41.0 Å². The second-order valence-corrected chi connectivity index (χ2v) is 10.3. The van der Waals surface area contributed by atoms with Gasteiger partial charge in [0.1, 0.15) is 6.61 Å². The Morgan fingerprint density at radius 1 is 1.08 bits per heavy atom. The summed E-state index contributed by atoms with van der Waals surface area (Å²) in [4.78, 5) is 13.3. The Morgan fingerprint density at radius 3 is 2.39 bits per heavy atom. The lowest BCUT2D eigenvalue weighted by molar-refractivity contribution is -0.116. The zero-order valence-electron chi connectivity index (χ0n) is 22.4. The molecule has 200 valence electrons. The fraction of sp³-hybridized carbons (Fsp3) is 0.552. The molecular weight excluding hydrogens is 464 g/mol. The number of nitrogens with one attached hydrogen (secondary N) is 1. The maximum absolute atomic E-state index is 13.8. The first-order valence-corrected chi connectivity index (χ1v) is 12.6. The number of amides is 1. The Kier molecular flexibility index (Phi) is 10.7. The normalized spacial score (nSPS) is 12.8. The molecule has 36 heavy (non-hydrogen) atoms. The van der Waals surface area contributed by atoms with Crippen molar-refractivity contribution in [3.8, 4) is 11.5 Å². The van der Waals surface area contributed by atoms with Crippen molar-refractivity contribution in [1.82, 2.24) is 0 Å². The lowest BCUT2D eigenvalue weighted by Crippen LogP contribution is -2.25. The molecule has 2 aromatic rings.